The van der Waals surface area contributed by atoms with Gasteiger partial charge < -0.3 is 10.8 Å². The first kappa shape index (κ1) is 8.54. The molecule has 12 heavy (non-hydrogen) atoms. The van der Waals surface area contributed by atoms with Crippen LogP contribution in [-0.2, 0) is 0 Å². The van der Waals surface area contributed by atoms with Gasteiger partial charge in [0.05, 0.1) is 0 Å². The van der Waals surface area contributed by atoms with Crippen LogP contribution in [0.3, 0.4) is 0 Å². The molecule has 1 amide bonds. The van der Waals surface area contributed by atoms with Crippen LogP contribution in [0, 0.1) is 0 Å². The number of aromatic hydroxyl groups is 1. The molecule has 0 aromatic carbocycles. The SMILES string of the molecule is NC(=O)c1nc(Cl)c(=O)[nH]c1O. The van der Waals surface area contributed by atoms with Crippen LogP contribution in [0.2, 0.25) is 5.15 Å². The molecule has 0 radical (unpaired) electrons. The second-order valence-electron chi connectivity index (χ2n) is 1.92. The van der Waals surface area contributed by atoms with E-state index in [1.165, 1.54) is 0 Å². The second-order valence-corrected chi connectivity index (χ2v) is 2.28. The molecule has 0 spiro atoms. The van der Waals surface area contributed by atoms with Gasteiger partial charge >= 0.3 is 0 Å². The molecule has 0 atom stereocenters. The zero-order valence-corrected chi connectivity index (χ0v) is 6.42. The van der Waals surface area contributed by atoms with Crippen LogP contribution in [0.15, 0.2) is 4.79 Å². The minimum atomic E-state index is -0.967. The fourth-order valence-corrected chi connectivity index (χ4v) is 0.724. The molecule has 0 fully saturated rings. The van der Waals surface area contributed by atoms with Gasteiger partial charge in [-0.25, -0.2) is 4.98 Å². The van der Waals surface area contributed by atoms with Crippen LogP contribution in [0.25, 0.3) is 0 Å². The third kappa shape index (κ3) is 1.37. The molecule has 7 heteroatoms. The van der Waals surface area contributed by atoms with Crippen molar-refractivity contribution >= 4 is 17.5 Å². The number of hydrogen-bond donors (Lipinski definition) is 3. The number of aromatic amines is 1. The molecule has 0 unspecified atom stereocenters. The van der Waals surface area contributed by atoms with Gasteiger partial charge in [-0.2, -0.15) is 0 Å². The zero-order chi connectivity index (χ0) is 9.30. The van der Waals surface area contributed by atoms with Crippen LogP contribution in [0.5, 0.6) is 5.88 Å². The molecule has 1 aromatic heterocycles. The molecule has 0 saturated heterocycles. The molecule has 0 aliphatic carbocycles. The second kappa shape index (κ2) is 2.82. The highest BCUT2D eigenvalue weighted by molar-refractivity contribution is 6.29. The Balaban J connectivity index is 3.43. The molecule has 6 nitrogen and oxygen atoms in total. The number of H-pyrrole nitrogens is 1. The summed E-state index contributed by atoms with van der Waals surface area (Å²) in [6.45, 7) is 0. The first-order valence-corrected chi connectivity index (χ1v) is 3.18. The first-order valence-electron chi connectivity index (χ1n) is 2.81. The number of halogens is 1. The van der Waals surface area contributed by atoms with E-state index in [9.17, 15) is 9.59 Å². The monoisotopic (exact) mass is 189 g/mol. The summed E-state index contributed by atoms with van der Waals surface area (Å²) >= 11 is 5.26. The molecule has 0 aliphatic heterocycles. The Hall–Kier alpha value is -1.56. The minimum absolute atomic E-state index is 0.443. The number of nitrogens with one attached hydrogen (secondary N) is 1. The lowest BCUT2D eigenvalue weighted by atomic mass is 10.4. The van der Waals surface area contributed by atoms with E-state index >= 15 is 0 Å². The molecular formula is C5H4ClN3O3. The summed E-state index contributed by atoms with van der Waals surface area (Å²) in [4.78, 5) is 26.3. The van der Waals surface area contributed by atoms with Crippen molar-refractivity contribution in [3.63, 3.8) is 0 Å². The minimum Gasteiger partial charge on any atom is -0.493 e. The Labute approximate surface area is 71.0 Å². The van der Waals surface area contributed by atoms with E-state index in [0.717, 1.165) is 0 Å². The van der Waals surface area contributed by atoms with Gasteiger partial charge in [0.2, 0.25) is 5.88 Å². The van der Waals surface area contributed by atoms with Gasteiger partial charge in [0.25, 0.3) is 11.5 Å². The van der Waals surface area contributed by atoms with E-state index in [0.29, 0.717) is 0 Å². The molecular weight excluding hydrogens is 186 g/mol. The number of aromatic nitrogens is 2. The summed E-state index contributed by atoms with van der Waals surface area (Å²) in [5.41, 5.74) is 3.55. The van der Waals surface area contributed by atoms with Crippen molar-refractivity contribution in [1.82, 2.24) is 9.97 Å². The number of amides is 1. The van der Waals surface area contributed by atoms with Crippen LogP contribution >= 0.6 is 11.6 Å². The maximum Gasteiger partial charge on any atom is 0.288 e. The summed E-state index contributed by atoms with van der Waals surface area (Å²) < 4.78 is 0. The van der Waals surface area contributed by atoms with Gasteiger partial charge in [-0.1, -0.05) is 11.6 Å². The maximum atomic E-state index is 10.7. The smallest absolute Gasteiger partial charge is 0.288 e. The standard InChI is InChI=1S/C5H4ClN3O3/c6-2-5(12)9-4(11)1(8-2)3(7)10/h(H2,7,10)(H2,9,11,12). The van der Waals surface area contributed by atoms with Crippen molar-refractivity contribution in [3.8, 4) is 5.88 Å². The van der Waals surface area contributed by atoms with Crippen LogP contribution < -0.4 is 11.3 Å². The van der Waals surface area contributed by atoms with Crippen molar-refractivity contribution in [2.75, 3.05) is 0 Å². The maximum absolute atomic E-state index is 10.7. The highest BCUT2D eigenvalue weighted by Crippen LogP contribution is 2.08. The molecule has 0 aliphatic rings. The quantitative estimate of drug-likeness (QED) is 0.539. The molecule has 0 saturated carbocycles. The number of carbonyl (C=O) groups is 1. The molecule has 4 N–H and O–H groups in total. The fraction of sp³-hybridized carbons (Fsp3) is 0. The number of primary amides is 1. The average molecular weight is 190 g/mol. The summed E-state index contributed by atoms with van der Waals surface area (Å²) in [7, 11) is 0. The third-order valence-corrected chi connectivity index (χ3v) is 1.34. The number of nitrogens with zero attached hydrogens (tertiary/aromatic N) is 1. The van der Waals surface area contributed by atoms with Crippen molar-refractivity contribution < 1.29 is 9.90 Å². The van der Waals surface area contributed by atoms with Gasteiger partial charge in [0.15, 0.2) is 10.8 Å². The Bertz CT molecular complexity index is 386. The summed E-state index contributed by atoms with van der Waals surface area (Å²) in [5, 5.41) is 8.47. The Morgan fingerprint density at radius 2 is 2.25 bits per heavy atom. The normalized spacial score (nSPS) is 9.75. The van der Waals surface area contributed by atoms with Gasteiger partial charge in [-0.3, -0.25) is 14.6 Å². The van der Waals surface area contributed by atoms with E-state index in [1.807, 2.05) is 4.98 Å². The summed E-state index contributed by atoms with van der Waals surface area (Å²) in [5.74, 6) is -1.65. The highest BCUT2D eigenvalue weighted by atomic mass is 35.5. The van der Waals surface area contributed by atoms with Crippen LogP contribution in [0.4, 0.5) is 0 Å². The number of hydrogen-bond acceptors (Lipinski definition) is 4. The van der Waals surface area contributed by atoms with Gasteiger partial charge in [-0.05, 0) is 0 Å². The molecule has 64 valence electrons. The highest BCUT2D eigenvalue weighted by Gasteiger charge is 2.12. The van der Waals surface area contributed by atoms with Crippen molar-refractivity contribution in [3.05, 3.63) is 21.2 Å². The van der Waals surface area contributed by atoms with Gasteiger partial charge in [0, 0.05) is 0 Å². The third-order valence-electron chi connectivity index (χ3n) is 1.09. The van der Waals surface area contributed by atoms with E-state index in [1.54, 1.807) is 0 Å². The predicted octanol–water partition coefficient (Wildman–Crippen LogP) is -0.772. The largest absolute Gasteiger partial charge is 0.493 e. The van der Waals surface area contributed by atoms with Crippen molar-refractivity contribution in [2.45, 2.75) is 0 Å². The van der Waals surface area contributed by atoms with E-state index in [2.05, 4.69) is 4.98 Å². The molecule has 1 rings (SSSR count). The lowest BCUT2D eigenvalue weighted by Crippen LogP contribution is -2.18. The molecule has 1 aromatic rings. The Morgan fingerprint density at radius 3 is 2.75 bits per heavy atom. The summed E-state index contributed by atoms with van der Waals surface area (Å²) in [6.07, 6.45) is 0. The van der Waals surface area contributed by atoms with E-state index < -0.39 is 28.2 Å². The Kier molecular flexibility index (Phi) is 2.01. The topological polar surface area (TPSA) is 109 Å². The number of carbonyl (C=O) groups excluding carboxylic acids is 1. The van der Waals surface area contributed by atoms with Gasteiger partial charge in [-0.15, -0.1) is 0 Å². The molecule has 1 heterocycles. The Morgan fingerprint density at radius 1 is 1.67 bits per heavy atom. The molecule has 0 bridgehead atoms. The van der Waals surface area contributed by atoms with E-state index in [4.69, 9.17) is 22.4 Å². The predicted molar refractivity (Wildman–Crippen MR) is 40.1 cm³/mol. The fourth-order valence-electron chi connectivity index (χ4n) is 0.592. The van der Waals surface area contributed by atoms with Crippen LogP contribution in [0.1, 0.15) is 10.5 Å². The number of rotatable bonds is 1. The number of nitrogens with two attached hydrogens (primary N) is 1. The van der Waals surface area contributed by atoms with Crippen LogP contribution in [-0.4, -0.2) is 21.0 Å². The lowest BCUT2D eigenvalue weighted by Gasteiger charge is -1.97. The zero-order valence-electron chi connectivity index (χ0n) is 5.67. The first-order chi connectivity index (χ1) is 5.52. The van der Waals surface area contributed by atoms with Gasteiger partial charge in [0.1, 0.15) is 0 Å². The van der Waals surface area contributed by atoms with E-state index in [-0.39, 0.29) is 0 Å². The summed E-state index contributed by atoms with van der Waals surface area (Å²) in [6, 6.07) is 0. The van der Waals surface area contributed by atoms with Crippen molar-refractivity contribution in [1.29, 1.82) is 0 Å². The lowest BCUT2D eigenvalue weighted by molar-refractivity contribution is 0.0992. The average Bonchev–Trinajstić information content (AvgIpc) is 1.96. The van der Waals surface area contributed by atoms with Crippen molar-refractivity contribution in [2.24, 2.45) is 5.73 Å².